The van der Waals surface area contributed by atoms with Crippen LogP contribution in [0.5, 0.6) is 0 Å². The molecule has 0 bridgehead atoms. The SMILES string of the molecule is O=C[C@H](OP(=O)(O)O)[C@@H](OP(=O)(O)O)[C@H](O)[C@H](O)CO.O=c1ccn([C@@H]2O[C@H](CO)[C@@H](O)[C@H]2O)c(=O)[nH]1.[H-].[H-].[Na+].[Na+]. The summed E-state index contributed by atoms with van der Waals surface area (Å²) in [6.07, 6.45) is -12.8. The molecule has 1 aromatic heterocycles. The van der Waals surface area contributed by atoms with Crippen molar-refractivity contribution in [2.75, 3.05) is 13.2 Å². The van der Waals surface area contributed by atoms with E-state index in [1.54, 1.807) is 0 Å². The fourth-order valence-corrected chi connectivity index (χ4v) is 3.91. The van der Waals surface area contributed by atoms with Gasteiger partial charge in [0.15, 0.2) is 18.6 Å². The third kappa shape index (κ3) is 13.4. The first kappa shape index (κ1) is 41.4. The summed E-state index contributed by atoms with van der Waals surface area (Å²) in [7, 11) is -10.6. The van der Waals surface area contributed by atoms with E-state index >= 15 is 0 Å². The van der Waals surface area contributed by atoms with Crippen molar-refractivity contribution in [3.05, 3.63) is 33.1 Å². The maximum Gasteiger partial charge on any atom is 1.00 e. The maximum atomic E-state index is 11.4. The van der Waals surface area contributed by atoms with Crippen LogP contribution in [0.1, 0.15) is 9.08 Å². The number of carbonyl (C=O) groups excluding carboxylic acids is 1. The summed E-state index contributed by atoms with van der Waals surface area (Å²) in [5.41, 5.74) is -1.33. The van der Waals surface area contributed by atoms with Gasteiger partial charge >= 0.3 is 80.4 Å². The number of aliphatic hydroxyl groups is 6. The van der Waals surface area contributed by atoms with Crippen molar-refractivity contribution in [2.45, 2.75) is 49.0 Å². The fourth-order valence-electron chi connectivity index (χ4n) is 2.86. The number of nitrogens with one attached hydrogen (secondary N) is 1. The molecule has 0 saturated carbocycles. The van der Waals surface area contributed by atoms with E-state index in [1.165, 1.54) is 0 Å². The van der Waals surface area contributed by atoms with E-state index in [0.29, 0.717) is 0 Å². The van der Waals surface area contributed by atoms with Gasteiger partial charge in [0.05, 0.1) is 13.2 Å². The molecule has 24 heteroatoms. The summed E-state index contributed by atoms with van der Waals surface area (Å²) >= 11 is 0. The van der Waals surface area contributed by atoms with E-state index in [9.17, 15) is 38.8 Å². The predicted molar refractivity (Wildman–Crippen MR) is 116 cm³/mol. The number of rotatable bonds is 11. The Morgan fingerprint density at radius 3 is 1.97 bits per heavy atom. The molecule has 0 amide bonds. The molecule has 1 saturated heterocycles. The van der Waals surface area contributed by atoms with Crippen molar-refractivity contribution in [1.82, 2.24) is 9.55 Å². The Hall–Kier alpha value is 0.290. The minimum atomic E-state index is -5.30. The van der Waals surface area contributed by atoms with Crippen LogP contribution in [0, 0.1) is 0 Å². The van der Waals surface area contributed by atoms with Gasteiger partial charge in [-0.25, -0.2) is 13.9 Å². The minimum Gasteiger partial charge on any atom is -1.00 e. The first-order valence-corrected chi connectivity index (χ1v) is 12.9. The number of aromatic amines is 1. The molecular formula is C15H28N2Na2O18P2. The molecule has 218 valence electrons. The van der Waals surface area contributed by atoms with Gasteiger partial charge in [-0.1, -0.05) is 0 Å². The summed E-state index contributed by atoms with van der Waals surface area (Å²) < 4.78 is 35.2. The van der Waals surface area contributed by atoms with Crippen LogP contribution in [0.2, 0.25) is 0 Å². The molecule has 0 aromatic carbocycles. The van der Waals surface area contributed by atoms with Crippen molar-refractivity contribution in [3.63, 3.8) is 0 Å². The molecule has 0 spiro atoms. The van der Waals surface area contributed by atoms with Gasteiger partial charge in [0.1, 0.15) is 36.6 Å². The van der Waals surface area contributed by atoms with Crippen molar-refractivity contribution < 1.29 is 140 Å². The average molecular weight is 632 g/mol. The Bertz CT molecular complexity index is 1100. The van der Waals surface area contributed by atoms with Crippen LogP contribution >= 0.6 is 15.6 Å². The molecule has 2 heterocycles. The van der Waals surface area contributed by atoms with Crippen molar-refractivity contribution in [3.8, 4) is 0 Å². The smallest absolute Gasteiger partial charge is 1.00 e. The number of aliphatic hydroxyl groups excluding tert-OH is 6. The molecule has 11 N–H and O–H groups in total. The van der Waals surface area contributed by atoms with Crippen LogP contribution in [0.3, 0.4) is 0 Å². The molecule has 0 unspecified atom stereocenters. The first-order valence-electron chi connectivity index (χ1n) is 9.79. The number of aromatic nitrogens is 2. The first-order chi connectivity index (χ1) is 16.9. The molecule has 39 heavy (non-hydrogen) atoms. The number of ether oxygens (including phenoxy) is 1. The van der Waals surface area contributed by atoms with Gasteiger partial charge in [0.25, 0.3) is 5.56 Å². The third-order valence-corrected chi connectivity index (χ3v) is 5.57. The van der Waals surface area contributed by atoms with Crippen LogP contribution in [-0.4, -0.2) is 122 Å². The number of phosphoric acid groups is 2. The van der Waals surface area contributed by atoms with E-state index in [1.807, 2.05) is 4.98 Å². The van der Waals surface area contributed by atoms with Gasteiger partial charge in [-0.15, -0.1) is 0 Å². The average Bonchev–Trinajstić information content (AvgIpc) is 3.07. The number of nitrogens with zero attached hydrogens (tertiary/aromatic N) is 1. The second kappa shape index (κ2) is 18.1. The van der Waals surface area contributed by atoms with E-state index in [-0.39, 0.29) is 68.3 Å². The molecule has 0 aliphatic carbocycles. The number of hydrogen-bond acceptors (Lipinski definition) is 14. The molecule has 1 aliphatic rings. The molecule has 8 atom stereocenters. The quantitative estimate of drug-likeness (QED) is 0.0612. The van der Waals surface area contributed by atoms with Crippen molar-refractivity contribution in [2.24, 2.45) is 0 Å². The Labute approximate surface area is 265 Å². The number of hydrogen-bond donors (Lipinski definition) is 11. The van der Waals surface area contributed by atoms with Crippen LogP contribution in [0.4, 0.5) is 0 Å². The van der Waals surface area contributed by atoms with Crippen LogP contribution in [0.25, 0.3) is 0 Å². The van der Waals surface area contributed by atoms with Gasteiger partial charge in [0, 0.05) is 12.3 Å². The number of phosphoric ester groups is 2. The standard InChI is InChI=1S/C9H12N2O6.C6H14O12P2.2Na.2H/c12-3-4-6(14)7(15)8(17-4)11-2-1-5(13)10-9(11)16;7-1-3(9)5(10)6(18-20(14,15)16)4(2-8)17-19(11,12)13;;;;/h1-2,4,6-8,12,14-15H,3H2,(H,10,13,16);2-7,9-10H,1H2,(H2,11,12,13)(H2,14,15,16);;;;/q;;2*+1;2*-1/t4-,6-,7-,8-;3-,4+,5-,6-;;;;/m11..../s1. The largest absolute Gasteiger partial charge is 1.00 e. The molecule has 1 fully saturated rings. The molecule has 2 rings (SSSR count). The van der Waals surface area contributed by atoms with Gasteiger partial charge < -0.3 is 62.6 Å². The monoisotopic (exact) mass is 632 g/mol. The van der Waals surface area contributed by atoms with Crippen LogP contribution in [0.15, 0.2) is 21.9 Å². The number of H-pyrrole nitrogens is 1. The normalized spacial score (nSPS) is 24.2. The summed E-state index contributed by atoms with van der Waals surface area (Å²) in [6.45, 7) is -1.56. The minimum absolute atomic E-state index is 0. The van der Waals surface area contributed by atoms with Gasteiger partial charge in [0.2, 0.25) is 0 Å². The summed E-state index contributed by atoms with van der Waals surface area (Å²) in [5.74, 6) is 0. The maximum absolute atomic E-state index is 11.4. The van der Waals surface area contributed by atoms with Gasteiger partial charge in [-0.05, 0) is 0 Å². The fraction of sp³-hybridized carbons (Fsp3) is 0.667. The summed E-state index contributed by atoms with van der Waals surface area (Å²) in [6, 6.07) is 1.09. The second-order valence-corrected chi connectivity index (χ2v) is 9.63. The predicted octanol–water partition coefficient (Wildman–Crippen LogP) is -11.8. The van der Waals surface area contributed by atoms with Crippen molar-refractivity contribution >= 4 is 21.9 Å². The van der Waals surface area contributed by atoms with E-state index in [2.05, 4.69) is 9.05 Å². The third-order valence-electron chi connectivity index (χ3n) is 4.54. The van der Waals surface area contributed by atoms with E-state index < -0.39 is 89.1 Å². The number of aldehydes is 1. The molecule has 0 radical (unpaired) electrons. The summed E-state index contributed by atoms with van der Waals surface area (Å²) in [4.78, 5) is 69.2. The van der Waals surface area contributed by atoms with Crippen LogP contribution < -0.4 is 70.4 Å². The van der Waals surface area contributed by atoms with Gasteiger partial charge in [-0.3, -0.25) is 23.4 Å². The van der Waals surface area contributed by atoms with E-state index in [0.717, 1.165) is 16.8 Å². The Balaban J connectivity index is -0.000000306. The zero-order valence-electron chi connectivity index (χ0n) is 22.3. The van der Waals surface area contributed by atoms with Crippen LogP contribution in [-0.2, 0) is 27.7 Å². The number of carbonyl (C=O) groups is 1. The molecule has 20 nitrogen and oxygen atoms in total. The molecule has 1 aromatic rings. The summed E-state index contributed by atoms with van der Waals surface area (Å²) in [5, 5.41) is 55.3. The van der Waals surface area contributed by atoms with Gasteiger partial charge in [-0.2, -0.15) is 0 Å². The second-order valence-electron chi connectivity index (χ2n) is 7.24. The Morgan fingerprint density at radius 2 is 1.59 bits per heavy atom. The molecule has 1 aliphatic heterocycles. The Kier molecular flexibility index (Phi) is 19.2. The zero-order chi connectivity index (χ0) is 28.7. The Morgan fingerprint density at radius 1 is 1.05 bits per heavy atom. The zero-order valence-corrected chi connectivity index (χ0v) is 26.1. The molecular weight excluding hydrogens is 604 g/mol. The van der Waals surface area contributed by atoms with Crippen molar-refractivity contribution in [1.29, 1.82) is 0 Å². The van der Waals surface area contributed by atoms with E-state index in [4.69, 9.17) is 39.6 Å². The topological polar surface area (TPSA) is 336 Å².